The van der Waals surface area contributed by atoms with E-state index in [-0.39, 0.29) is 4.90 Å². The number of hydrogen-bond donors (Lipinski definition) is 3. The second-order valence-electron chi connectivity index (χ2n) is 8.50. The van der Waals surface area contributed by atoms with Crippen LogP contribution in [0.1, 0.15) is 32.6 Å². The van der Waals surface area contributed by atoms with Crippen molar-refractivity contribution in [3.05, 3.63) is 32.6 Å². The lowest BCUT2D eigenvalue weighted by molar-refractivity contribution is -0.188. The zero-order valence-corrected chi connectivity index (χ0v) is 18.8. The van der Waals surface area contributed by atoms with Gasteiger partial charge in [0, 0.05) is 13.3 Å². The minimum absolute atomic E-state index is 0.0577. The van der Waals surface area contributed by atoms with Crippen LogP contribution >= 0.6 is 0 Å². The van der Waals surface area contributed by atoms with Crippen LogP contribution in [0.15, 0.2) is 15.8 Å². The minimum atomic E-state index is -5.36. The van der Waals surface area contributed by atoms with E-state index in [1.165, 1.54) is 27.9 Å². The average molecular weight is 497 g/mol. The molecule has 2 heterocycles. The zero-order chi connectivity index (χ0) is 26.0. The Balaban J connectivity index is 2.44. The summed E-state index contributed by atoms with van der Waals surface area (Å²) in [6.45, 7) is 1.66. The van der Waals surface area contributed by atoms with Crippen LogP contribution < -0.4 is 11.2 Å². The van der Waals surface area contributed by atoms with Crippen molar-refractivity contribution in [3.8, 4) is 0 Å². The molecule has 1 fully saturated rings. The number of ether oxygens (including phenoxy) is 3. The van der Waals surface area contributed by atoms with Gasteiger partial charge in [0.25, 0.3) is 5.56 Å². The highest BCUT2D eigenvalue weighted by Gasteiger charge is 2.46. The molecule has 1 aromatic rings. The summed E-state index contributed by atoms with van der Waals surface area (Å²) in [6, 6.07) is 0. The van der Waals surface area contributed by atoms with E-state index in [2.05, 4.69) is 0 Å². The van der Waals surface area contributed by atoms with Gasteiger partial charge in [-0.3, -0.25) is 23.9 Å². The molecule has 2 rings (SSSR count). The maximum atomic E-state index is 13.1. The van der Waals surface area contributed by atoms with Crippen LogP contribution in [0.3, 0.4) is 0 Å². The summed E-state index contributed by atoms with van der Waals surface area (Å²) in [5.41, 5.74) is -3.71. The SMILES string of the molecule is CO[C@H]1C(O)[C@@H](CO)O[C@H]1n1cc(CN(CC(=O)OC(C)(C)C)C(=O)C(F)(F)F)c(=O)[nH]c1=O. The Morgan fingerprint density at radius 3 is 2.38 bits per heavy atom. The number of esters is 1. The quantitative estimate of drug-likeness (QED) is 0.403. The van der Waals surface area contributed by atoms with Crippen LogP contribution in [-0.2, 0) is 30.3 Å². The molecule has 0 aromatic carbocycles. The van der Waals surface area contributed by atoms with Crippen LogP contribution in [0, 0.1) is 0 Å². The average Bonchev–Trinajstić information content (AvgIpc) is 3.01. The molecule has 15 heteroatoms. The van der Waals surface area contributed by atoms with Gasteiger partial charge in [0.1, 0.15) is 30.5 Å². The molecule has 1 amide bonds. The molecular formula is C19H26F3N3O9. The smallest absolute Gasteiger partial charge is 0.459 e. The van der Waals surface area contributed by atoms with Crippen molar-refractivity contribution in [2.24, 2.45) is 0 Å². The third kappa shape index (κ3) is 6.43. The Hall–Kier alpha value is -2.75. The van der Waals surface area contributed by atoms with Crippen LogP contribution in [0.5, 0.6) is 0 Å². The minimum Gasteiger partial charge on any atom is -0.459 e. The molecule has 1 saturated heterocycles. The summed E-state index contributed by atoms with van der Waals surface area (Å²) in [5, 5.41) is 19.5. The van der Waals surface area contributed by atoms with Gasteiger partial charge in [-0.05, 0) is 20.8 Å². The first-order chi connectivity index (χ1) is 15.6. The first-order valence-electron chi connectivity index (χ1n) is 9.98. The van der Waals surface area contributed by atoms with Crippen LogP contribution in [0.4, 0.5) is 13.2 Å². The summed E-state index contributed by atoms with van der Waals surface area (Å²) < 4.78 is 55.6. The topological polar surface area (TPSA) is 160 Å². The standard InChI is InChI=1S/C19H26F3N3O9/c1-18(2,3)34-11(27)7-24(16(30)19(20,21)22)5-9-6-25(17(31)23-14(9)29)15-13(32-4)12(28)10(8-26)33-15/h6,10,12-13,15,26,28H,5,7-8H2,1-4H3,(H,23,29,31)/t10-,12?,13+,15-/m1/s1. The Morgan fingerprint density at radius 2 is 1.88 bits per heavy atom. The third-order valence-corrected chi connectivity index (χ3v) is 4.71. The number of halogens is 3. The summed E-state index contributed by atoms with van der Waals surface area (Å²) >= 11 is 0. The van der Waals surface area contributed by atoms with E-state index < -0.39 is 84.7 Å². The molecular weight excluding hydrogens is 471 g/mol. The fraction of sp³-hybridized carbons (Fsp3) is 0.684. The molecule has 0 radical (unpaired) electrons. The number of nitrogens with zero attached hydrogens (tertiary/aromatic N) is 2. The van der Waals surface area contributed by atoms with Gasteiger partial charge in [0.15, 0.2) is 6.23 Å². The lowest BCUT2D eigenvalue weighted by Gasteiger charge is -2.26. The van der Waals surface area contributed by atoms with Gasteiger partial charge >= 0.3 is 23.7 Å². The van der Waals surface area contributed by atoms with Crippen molar-refractivity contribution in [2.75, 3.05) is 20.3 Å². The largest absolute Gasteiger partial charge is 0.471 e. The van der Waals surface area contributed by atoms with E-state index in [4.69, 9.17) is 14.2 Å². The fourth-order valence-corrected chi connectivity index (χ4v) is 3.29. The molecule has 1 aliphatic heterocycles. The van der Waals surface area contributed by atoms with E-state index >= 15 is 0 Å². The molecule has 0 spiro atoms. The molecule has 3 N–H and O–H groups in total. The summed E-state index contributed by atoms with van der Waals surface area (Å²) in [7, 11) is 1.19. The van der Waals surface area contributed by atoms with Crippen LogP contribution in [0.25, 0.3) is 0 Å². The number of rotatable bonds is 7. The molecule has 1 aliphatic rings. The van der Waals surface area contributed by atoms with E-state index in [0.29, 0.717) is 0 Å². The van der Waals surface area contributed by atoms with Gasteiger partial charge in [-0.25, -0.2) is 4.79 Å². The van der Waals surface area contributed by atoms with E-state index in [0.717, 1.165) is 10.8 Å². The number of aliphatic hydroxyl groups is 2. The molecule has 4 atom stereocenters. The molecule has 0 saturated carbocycles. The van der Waals surface area contributed by atoms with Crippen LogP contribution in [0.2, 0.25) is 0 Å². The van der Waals surface area contributed by atoms with Crippen molar-refractivity contribution in [2.45, 2.75) is 63.6 Å². The number of hydrogen-bond acceptors (Lipinski definition) is 9. The van der Waals surface area contributed by atoms with Crippen LogP contribution in [-0.4, -0.2) is 86.9 Å². The monoisotopic (exact) mass is 497 g/mol. The molecule has 1 aromatic heterocycles. The molecule has 0 aliphatic carbocycles. The number of amides is 1. The van der Waals surface area contributed by atoms with E-state index in [9.17, 15) is 42.6 Å². The van der Waals surface area contributed by atoms with Gasteiger partial charge in [0.2, 0.25) is 0 Å². The number of aromatic nitrogens is 2. The second kappa shape index (κ2) is 10.2. The molecule has 34 heavy (non-hydrogen) atoms. The van der Waals surface area contributed by atoms with Crippen molar-refractivity contribution in [3.63, 3.8) is 0 Å². The van der Waals surface area contributed by atoms with Crippen molar-refractivity contribution in [1.82, 2.24) is 14.5 Å². The Bertz CT molecular complexity index is 1020. The van der Waals surface area contributed by atoms with Gasteiger partial charge in [-0.15, -0.1) is 0 Å². The Morgan fingerprint density at radius 1 is 1.26 bits per heavy atom. The number of alkyl halides is 3. The van der Waals surface area contributed by atoms with Crippen molar-refractivity contribution < 1.29 is 47.2 Å². The first-order valence-corrected chi connectivity index (χ1v) is 9.98. The Labute approximate surface area is 190 Å². The van der Waals surface area contributed by atoms with E-state index in [1.807, 2.05) is 4.98 Å². The maximum absolute atomic E-state index is 13.1. The van der Waals surface area contributed by atoms with Gasteiger partial charge in [0.05, 0.1) is 18.7 Å². The number of carbonyl (C=O) groups excluding carboxylic acids is 2. The molecule has 0 bridgehead atoms. The molecule has 1 unspecified atom stereocenters. The number of aliphatic hydroxyl groups excluding tert-OH is 2. The zero-order valence-electron chi connectivity index (χ0n) is 18.8. The highest BCUT2D eigenvalue weighted by Crippen LogP contribution is 2.30. The maximum Gasteiger partial charge on any atom is 0.471 e. The predicted molar refractivity (Wildman–Crippen MR) is 106 cm³/mol. The lowest BCUT2D eigenvalue weighted by atomic mass is 10.1. The van der Waals surface area contributed by atoms with Gasteiger partial charge in [-0.1, -0.05) is 0 Å². The van der Waals surface area contributed by atoms with Crippen molar-refractivity contribution in [1.29, 1.82) is 0 Å². The number of aromatic amines is 1. The normalized spacial score (nSPS) is 23.1. The number of H-pyrrole nitrogens is 1. The number of methoxy groups -OCH3 is 1. The highest BCUT2D eigenvalue weighted by molar-refractivity contribution is 5.85. The predicted octanol–water partition coefficient (Wildman–Crippen LogP) is -0.965. The Kier molecular flexibility index (Phi) is 8.29. The van der Waals surface area contributed by atoms with Gasteiger partial charge in [-0.2, -0.15) is 13.2 Å². The summed E-state index contributed by atoms with van der Waals surface area (Å²) in [6.07, 6.45) is -9.58. The van der Waals surface area contributed by atoms with Crippen molar-refractivity contribution >= 4 is 11.9 Å². The second-order valence-corrected chi connectivity index (χ2v) is 8.50. The highest BCUT2D eigenvalue weighted by atomic mass is 19.4. The van der Waals surface area contributed by atoms with E-state index in [1.54, 1.807) is 0 Å². The first kappa shape index (κ1) is 27.5. The molecule has 12 nitrogen and oxygen atoms in total. The number of nitrogens with one attached hydrogen (secondary N) is 1. The molecule has 192 valence electrons. The fourth-order valence-electron chi connectivity index (χ4n) is 3.29. The number of carbonyl (C=O) groups is 2. The lowest BCUT2D eigenvalue weighted by Crippen LogP contribution is -2.46. The summed E-state index contributed by atoms with van der Waals surface area (Å²) in [5.74, 6) is -3.56. The summed E-state index contributed by atoms with van der Waals surface area (Å²) in [4.78, 5) is 50.6. The van der Waals surface area contributed by atoms with Gasteiger partial charge < -0.3 is 29.3 Å². The third-order valence-electron chi connectivity index (χ3n) is 4.71.